The van der Waals surface area contributed by atoms with Gasteiger partial charge in [0.25, 0.3) is 0 Å². The molecule has 0 fully saturated rings. The van der Waals surface area contributed by atoms with Crippen molar-refractivity contribution in [1.29, 1.82) is 0 Å². The molecule has 28 nitrogen and oxygen atoms in total. The predicted octanol–water partition coefficient (Wildman–Crippen LogP) is -0.00440. The molecule has 0 aliphatic carbocycles. The molecule has 28 heteroatoms. The van der Waals surface area contributed by atoms with Gasteiger partial charge in [0.05, 0.1) is 317 Å². The SMILES string of the molecule is COCCOCCOCCOCCOCCOCCOCCOCCOCCOCCOCCOCCC(=O)NCCOCCOCCOCCOCCOCCOCCOCCOCCOCCOCCOCCOCCC(=O)O. The van der Waals surface area contributed by atoms with E-state index in [1.165, 1.54) is 0 Å². The van der Waals surface area contributed by atoms with Crippen molar-refractivity contribution >= 4 is 11.9 Å². The highest BCUT2D eigenvalue weighted by Gasteiger charge is 2.03. The summed E-state index contributed by atoms with van der Waals surface area (Å²) in [5, 5.41) is 11.3. The van der Waals surface area contributed by atoms with Crippen LogP contribution in [0.5, 0.6) is 0 Å². The van der Waals surface area contributed by atoms with E-state index in [0.29, 0.717) is 310 Å². The molecule has 0 rings (SSSR count). The predicted molar refractivity (Wildman–Crippen MR) is 291 cm³/mol. The fourth-order valence-electron chi connectivity index (χ4n) is 5.64. The van der Waals surface area contributed by atoms with E-state index in [4.69, 9.17) is 119 Å². The maximum atomic E-state index is 12.0. The molecule has 0 radical (unpaired) electrons. The van der Waals surface area contributed by atoms with Gasteiger partial charge in [0.2, 0.25) is 5.91 Å². The first-order valence-corrected chi connectivity index (χ1v) is 28.4. The molecule has 0 heterocycles. The summed E-state index contributed by atoms with van der Waals surface area (Å²) >= 11 is 0. The van der Waals surface area contributed by atoms with Gasteiger partial charge in [-0.25, -0.2) is 0 Å². The lowest BCUT2D eigenvalue weighted by Crippen LogP contribution is -2.28. The third-order valence-corrected chi connectivity index (χ3v) is 9.75. The normalized spacial score (nSPS) is 11.6. The highest BCUT2D eigenvalue weighted by molar-refractivity contribution is 5.75. The van der Waals surface area contributed by atoms with E-state index in [-0.39, 0.29) is 25.4 Å². The van der Waals surface area contributed by atoms with Gasteiger partial charge in [-0.3, -0.25) is 9.59 Å². The average Bonchev–Trinajstić information content (AvgIpc) is 3.46. The van der Waals surface area contributed by atoms with E-state index in [9.17, 15) is 9.59 Å². The monoisotopic (exact) mass is 1190 g/mol. The molecule has 2 N–H and O–H groups in total. The van der Waals surface area contributed by atoms with Gasteiger partial charge in [0.1, 0.15) is 0 Å². The first kappa shape index (κ1) is 79.0. The van der Waals surface area contributed by atoms with Crippen LogP contribution in [0.4, 0.5) is 0 Å². The zero-order valence-corrected chi connectivity index (χ0v) is 48.9. The number of hydrogen-bond acceptors (Lipinski definition) is 26. The summed E-state index contributed by atoms with van der Waals surface area (Å²) in [7, 11) is 1.64. The maximum absolute atomic E-state index is 12.0. The van der Waals surface area contributed by atoms with Gasteiger partial charge in [0, 0.05) is 20.1 Å². The molecule has 0 aliphatic rings. The maximum Gasteiger partial charge on any atom is 0.305 e. The number of hydrogen-bond donors (Lipinski definition) is 2. The van der Waals surface area contributed by atoms with Gasteiger partial charge in [-0.2, -0.15) is 0 Å². The van der Waals surface area contributed by atoms with Crippen LogP contribution < -0.4 is 5.32 Å². The number of aliphatic carboxylic acids is 1. The lowest BCUT2D eigenvalue weighted by atomic mass is 10.4. The van der Waals surface area contributed by atoms with Gasteiger partial charge >= 0.3 is 5.97 Å². The molecule has 81 heavy (non-hydrogen) atoms. The zero-order chi connectivity index (χ0) is 58.2. The Kier molecular flexibility index (Phi) is 72.2. The summed E-state index contributed by atoms with van der Waals surface area (Å²) in [5.74, 6) is -0.988. The summed E-state index contributed by atoms with van der Waals surface area (Å²) in [6.07, 6.45) is 0.243. The Labute approximate surface area is 481 Å². The number of nitrogens with one attached hydrogen (secondary N) is 1. The number of carboxylic acids is 1. The first-order valence-electron chi connectivity index (χ1n) is 28.4. The average molecular weight is 1190 g/mol. The molecule has 0 atom stereocenters. The molecule has 0 saturated carbocycles. The van der Waals surface area contributed by atoms with Crippen LogP contribution in [-0.4, -0.2) is 341 Å². The van der Waals surface area contributed by atoms with Crippen molar-refractivity contribution in [3.8, 4) is 0 Å². The Balaban J connectivity index is 3.14. The standard InChI is InChI=1S/C53H105NO27/c1-58-8-9-62-16-17-66-24-25-70-32-33-74-40-41-78-48-49-79-45-42-75-37-34-71-29-26-67-21-18-63-13-10-59-5-2-52(55)54-4-7-61-12-15-65-20-23-69-28-31-73-36-39-77-44-47-81-51-50-80-46-43-76-38-35-72-30-27-68-22-19-64-14-11-60-6-3-53(56)57/h2-51H2,1H3,(H,54,55)(H,56,57). The Bertz CT molecular complexity index is 1190. The molecule has 0 aromatic rings. The third kappa shape index (κ3) is 76.0. The fraction of sp³-hybridized carbons (Fsp3) is 0.962. The number of carboxylic acid groups (broad SMARTS) is 1. The van der Waals surface area contributed by atoms with Gasteiger partial charge in [-0.05, 0) is 0 Å². The molecule has 0 aromatic carbocycles. The summed E-state index contributed by atoms with van der Waals surface area (Å²) in [5.41, 5.74) is 0. The summed E-state index contributed by atoms with van der Waals surface area (Å²) in [6, 6.07) is 0. The number of amides is 1. The fourth-order valence-corrected chi connectivity index (χ4v) is 5.64. The van der Waals surface area contributed by atoms with Crippen LogP contribution in [0.15, 0.2) is 0 Å². The van der Waals surface area contributed by atoms with E-state index in [2.05, 4.69) is 5.32 Å². The molecule has 1 amide bonds. The van der Waals surface area contributed by atoms with Gasteiger partial charge in [-0.1, -0.05) is 0 Å². The molecule has 0 aliphatic heterocycles. The van der Waals surface area contributed by atoms with E-state index < -0.39 is 5.97 Å². The second kappa shape index (κ2) is 74.1. The van der Waals surface area contributed by atoms with Crippen molar-refractivity contribution < 1.29 is 128 Å². The number of ether oxygens (including phenoxy) is 24. The van der Waals surface area contributed by atoms with Crippen molar-refractivity contribution in [3.63, 3.8) is 0 Å². The van der Waals surface area contributed by atoms with E-state index in [0.717, 1.165) is 0 Å². The van der Waals surface area contributed by atoms with Crippen molar-refractivity contribution in [2.75, 3.05) is 324 Å². The molecule has 0 saturated heterocycles. The molecule has 0 aromatic heterocycles. The van der Waals surface area contributed by atoms with Crippen LogP contribution in [0, 0.1) is 0 Å². The van der Waals surface area contributed by atoms with E-state index in [1.54, 1.807) is 7.11 Å². The number of carbonyl (C=O) groups is 2. The Morgan fingerprint density at radius 2 is 0.370 bits per heavy atom. The quantitative estimate of drug-likeness (QED) is 0.0758. The minimum atomic E-state index is -0.882. The van der Waals surface area contributed by atoms with Crippen molar-refractivity contribution in [3.05, 3.63) is 0 Å². The van der Waals surface area contributed by atoms with E-state index in [1.807, 2.05) is 0 Å². The minimum Gasteiger partial charge on any atom is -0.481 e. The molecular formula is C53H105NO27. The topological polar surface area (TPSA) is 288 Å². The number of rotatable bonds is 75. The van der Waals surface area contributed by atoms with Crippen LogP contribution in [0.2, 0.25) is 0 Å². The largest absolute Gasteiger partial charge is 0.481 e. The Morgan fingerprint density at radius 1 is 0.222 bits per heavy atom. The Morgan fingerprint density at radius 3 is 0.543 bits per heavy atom. The zero-order valence-electron chi connectivity index (χ0n) is 48.9. The van der Waals surface area contributed by atoms with Gasteiger partial charge in [-0.15, -0.1) is 0 Å². The van der Waals surface area contributed by atoms with Crippen LogP contribution >= 0.6 is 0 Å². The second-order valence-electron chi connectivity index (χ2n) is 16.3. The van der Waals surface area contributed by atoms with Crippen LogP contribution in [-0.2, 0) is 123 Å². The summed E-state index contributed by atoms with van der Waals surface area (Å²) < 4.78 is 130. The van der Waals surface area contributed by atoms with Crippen LogP contribution in [0.25, 0.3) is 0 Å². The molecule has 0 bridgehead atoms. The van der Waals surface area contributed by atoms with E-state index >= 15 is 0 Å². The van der Waals surface area contributed by atoms with Crippen LogP contribution in [0.1, 0.15) is 12.8 Å². The number of carbonyl (C=O) groups excluding carboxylic acids is 1. The van der Waals surface area contributed by atoms with Gasteiger partial charge in [0.15, 0.2) is 0 Å². The molecule has 0 spiro atoms. The third-order valence-electron chi connectivity index (χ3n) is 9.75. The Hall–Kier alpha value is -2.02. The van der Waals surface area contributed by atoms with Crippen molar-refractivity contribution in [2.24, 2.45) is 0 Å². The highest BCUT2D eigenvalue weighted by Crippen LogP contribution is 1.92. The van der Waals surface area contributed by atoms with Crippen molar-refractivity contribution in [1.82, 2.24) is 5.32 Å². The summed E-state index contributed by atoms with van der Waals surface area (Å²) in [4.78, 5) is 22.4. The smallest absolute Gasteiger partial charge is 0.305 e. The molecule has 484 valence electrons. The van der Waals surface area contributed by atoms with Crippen molar-refractivity contribution in [2.45, 2.75) is 12.8 Å². The highest BCUT2D eigenvalue weighted by atomic mass is 16.6. The summed E-state index contributed by atoms with van der Waals surface area (Å²) in [6.45, 7) is 21.9. The lowest BCUT2D eigenvalue weighted by molar-refractivity contribution is -0.138. The number of methoxy groups -OCH3 is 1. The second-order valence-corrected chi connectivity index (χ2v) is 16.3. The van der Waals surface area contributed by atoms with Gasteiger partial charge < -0.3 is 124 Å². The molecular weight excluding hydrogens is 1080 g/mol. The minimum absolute atomic E-state index is 0.0121. The first-order chi connectivity index (χ1) is 40.2. The molecule has 0 unspecified atom stereocenters. The van der Waals surface area contributed by atoms with Crippen LogP contribution in [0.3, 0.4) is 0 Å². The lowest BCUT2D eigenvalue weighted by Gasteiger charge is -2.09.